The number of sulfonamides is 1. The van der Waals surface area contributed by atoms with Crippen molar-refractivity contribution in [1.29, 1.82) is 0 Å². The quantitative estimate of drug-likeness (QED) is 0.612. The molecule has 29 heavy (non-hydrogen) atoms. The van der Waals surface area contributed by atoms with Gasteiger partial charge in [0.05, 0.1) is 19.1 Å². The van der Waals surface area contributed by atoms with Gasteiger partial charge in [0.2, 0.25) is 0 Å². The van der Waals surface area contributed by atoms with Crippen molar-refractivity contribution in [3.63, 3.8) is 0 Å². The summed E-state index contributed by atoms with van der Waals surface area (Å²) in [5.41, 5.74) is 1.81. The van der Waals surface area contributed by atoms with Crippen molar-refractivity contribution in [3.05, 3.63) is 66.0 Å². The lowest BCUT2D eigenvalue weighted by atomic mass is 10.1. The summed E-state index contributed by atoms with van der Waals surface area (Å²) in [5.74, 6) is -0.323. The number of hydrogen-bond donors (Lipinski definition) is 2. The van der Waals surface area contributed by atoms with Crippen molar-refractivity contribution in [2.45, 2.75) is 11.8 Å². The molecular weight excluding hydrogens is 396 g/mol. The third kappa shape index (κ3) is 4.04. The summed E-state index contributed by atoms with van der Waals surface area (Å²) in [5, 5.41) is 9.29. The topological polar surface area (TPSA) is 107 Å². The lowest BCUT2D eigenvalue weighted by Gasteiger charge is -2.14. The van der Waals surface area contributed by atoms with E-state index in [-0.39, 0.29) is 10.6 Å². The van der Waals surface area contributed by atoms with Gasteiger partial charge in [-0.25, -0.2) is 13.2 Å². The Morgan fingerprint density at radius 2 is 1.76 bits per heavy atom. The molecule has 3 aromatic rings. The first-order valence-electron chi connectivity index (χ1n) is 8.53. The number of aromatic carboxylic acids is 1. The molecule has 0 unspecified atom stereocenters. The van der Waals surface area contributed by atoms with Crippen molar-refractivity contribution in [1.82, 2.24) is 4.57 Å². The second kappa shape index (κ2) is 7.88. The summed E-state index contributed by atoms with van der Waals surface area (Å²) in [6.45, 7) is 1.77. The zero-order valence-corrected chi connectivity index (χ0v) is 16.9. The van der Waals surface area contributed by atoms with Crippen LogP contribution in [0.15, 0.2) is 59.6 Å². The van der Waals surface area contributed by atoms with Crippen LogP contribution in [0.4, 0.5) is 5.69 Å². The maximum Gasteiger partial charge on any atom is 0.352 e. The van der Waals surface area contributed by atoms with Crippen LogP contribution in [0.3, 0.4) is 0 Å². The van der Waals surface area contributed by atoms with Crippen LogP contribution in [0.1, 0.15) is 16.1 Å². The Hall–Kier alpha value is -3.46. The third-order valence-electron chi connectivity index (χ3n) is 4.34. The van der Waals surface area contributed by atoms with E-state index in [4.69, 9.17) is 9.47 Å². The minimum atomic E-state index is -3.86. The van der Waals surface area contributed by atoms with Gasteiger partial charge in [-0.1, -0.05) is 0 Å². The van der Waals surface area contributed by atoms with E-state index in [9.17, 15) is 18.3 Å². The Bertz CT molecular complexity index is 1170. The molecule has 152 valence electrons. The van der Waals surface area contributed by atoms with Gasteiger partial charge in [0, 0.05) is 23.6 Å². The average Bonchev–Trinajstić information content (AvgIpc) is 3.17. The highest BCUT2D eigenvalue weighted by atomic mass is 32.2. The lowest BCUT2D eigenvalue weighted by molar-refractivity contribution is 0.0688. The summed E-state index contributed by atoms with van der Waals surface area (Å²) in [7, 11) is -0.968. The fourth-order valence-electron chi connectivity index (χ4n) is 2.95. The molecule has 0 spiro atoms. The van der Waals surface area contributed by atoms with Crippen molar-refractivity contribution in [3.8, 4) is 17.2 Å². The van der Waals surface area contributed by atoms with Gasteiger partial charge >= 0.3 is 5.97 Å². The zero-order chi connectivity index (χ0) is 21.2. The maximum atomic E-state index is 12.7. The fraction of sp³-hybridized carbons (Fsp3) is 0.150. The largest absolute Gasteiger partial charge is 0.493 e. The number of hydrogen-bond acceptors (Lipinski definition) is 5. The predicted octanol–water partition coefficient (Wildman–Crippen LogP) is 3.30. The van der Waals surface area contributed by atoms with Gasteiger partial charge in [-0.3, -0.25) is 4.72 Å². The summed E-state index contributed by atoms with van der Waals surface area (Å²) >= 11 is 0. The molecule has 8 nitrogen and oxygen atoms in total. The fourth-order valence-corrected chi connectivity index (χ4v) is 4.02. The maximum absolute atomic E-state index is 12.7. The van der Waals surface area contributed by atoms with Crippen LogP contribution >= 0.6 is 0 Å². The summed E-state index contributed by atoms with van der Waals surface area (Å²) in [4.78, 5) is 11.4. The van der Waals surface area contributed by atoms with E-state index in [0.29, 0.717) is 28.4 Å². The van der Waals surface area contributed by atoms with Crippen molar-refractivity contribution < 1.29 is 27.8 Å². The highest BCUT2D eigenvalue weighted by Crippen LogP contribution is 2.30. The minimum absolute atomic E-state index is 0.0236. The van der Waals surface area contributed by atoms with E-state index >= 15 is 0 Å². The van der Waals surface area contributed by atoms with Crippen LogP contribution in [-0.2, 0) is 10.0 Å². The molecule has 2 N–H and O–H groups in total. The van der Waals surface area contributed by atoms with E-state index in [1.165, 1.54) is 43.1 Å². The number of carbonyl (C=O) groups is 1. The Morgan fingerprint density at radius 1 is 1.03 bits per heavy atom. The summed E-state index contributed by atoms with van der Waals surface area (Å²) in [6, 6.07) is 12.3. The van der Waals surface area contributed by atoms with Gasteiger partial charge in [-0.05, 0) is 55.0 Å². The van der Waals surface area contributed by atoms with Gasteiger partial charge in [-0.15, -0.1) is 0 Å². The second-order valence-corrected chi connectivity index (χ2v) is 7.87. The number of anilines is 1. The van der Waals surface area contributed by atoms with Crippen LogP contribution in [0.2, 0.25) is 0 Å². The molecule has 0 atom stereocenters. The molecule has 0 aliphatic heterocycles. The Labute approximate surface area is 168 Å². The molecule has 1 heterocycles. The average molecular weight is 416 g/mol. The number of aromatic nitrogens is 1. The molecule has 3 rings (SSSR count). The normalized spacial score (nSPS) is 11.1. The van der Waals surface area contributed by atoms with Crippen molar-refractivity contribution >= 4 is 21.7 Å². The standard InChI is InChI=1S/C20H20N2O6S/c1-13-11-14(6-8-16(13)22-10-4-5-17(22)20(23)24)21-29(25,26)15-7-9-18(27-2)19(12-15)28-3/h4-12,21H,1-3H3,(H,23,24). The number of carboxylic acid groups (broad SMARTS) is 1. The number of aryl methyl sites for hydroxylation is 1. The highest BCUT2D eigenvalue weighted by molar-refractivity contribution is 7.92. The van der Waals surface area contributed by atoms with Gasteiger partial charge in [0.15, 0.2) is 11.5 Å². The highest BCUT2D eigenvalue weighted by Gasteiger charge is 2.18. The third-order valence-corrected chi connectivity index (χ3v) is 5.72. The molecule has 2 aromatic carbocycles. The Morgan fingerprint density at radius 3 is 2.38 bits per heavy atom. The molecule has 1 aromatic heterocycles. The van der Waals surface area contributed by atoms with Gasteiger partial charge in [0.25, 0.3) is 10.0 Å². The molecule has 0 fully saturated rings. The van der Waals surface area contributed by atoms with Crippen molar-refractivity contribution in [2.75, 3.05) is 18.9 Å². The molecule has 0 saturated heterocycles. The predicted molar refractivity (Wildman–Crippen MR) is 108 cm³/mol. The molecule has 0 bridgehead atoms. The number of methoxy groups -OCH3 is 2. The van der Waals surface area contributed by atoms with Crippen LogP contribution in [-0.4, -0.2) is 38.3 Å². The van der Waals surface area contributed by atoms with E-state index in [0.717, 1.165) is 0 Å². The molecular formula is C20H20N2O6S. The summed E-state index contributed by atoms with van der Waals surface area (Å²) in [6.07, 6.45) is 1.64. The van der Waals surface area contributed by atoms with Crippen molar-refractivity contribution in [2.24, 2.45) is 0 Å². The van der Waals surface area contributed by atoms with E-state index in [2.05, 4.69) is 4.72 Å². The van der Waals surface area contributed by atoms with Gasteiger partial charge < -0.3 is 19.1 Å². The Balaban J connectivity index is 1.91. The number of rotatable bonds is 7. The first-order valence-corrected chi connectivity index (χ1v) is 10.0. The number of nitrogens with one attached hydrogen (secondary N) is 1. The number of carboxylic acids is 1. The van der Waals surface area contributed by atoms with Gasteiger partial charge in [0.1, 0.15) is 5.69 Å². The number of benzene rings is 2. The molecule has 0 aliphatic carbocycles. The van der Waals surface area contributed by atoms with Crippen LogP contribution in [0.25, 0.3) is 5.69 Å². The first-order chi connectivity index (χ1) is 13.8. The van der Waals surface area contributed by atoms with Crippen LogP contribution in [0, 0.1) is 6.92 Å². The molecule has 0 aliphatic rings. The zero-order valence-electron chi connectivity index (χ0n) is 16.0. The summed E-state index contributed by atoms with van der Waals surface area (Å²) < 4.78 is 39.8. The Kier molecular flexibility index (Phi) is 5.51. The minimum Gasteiger partial charge on any atom is -0.493 e. The smallest absolute Gasteiger partial charge is 0.352 e. The number of ether oxygens (including phenoxy) is 2. The van der Waals surface area contributed by atoms with E-state index < -0.39 is 16.0 Å². The second-order valence-electron chi connectivity index (χ2n) is 6.19. The SMILES string of the molecule is COc1ccc(S(=O)(=O)Nc2ccc(-n3cccc3C(=O)O)c(C)c2)cc1OC. The van der Waals surface area contributed by atoms with E-state index in [1.807, 2.05) is 0 Å². The van der Waals surface area contributed by atoms with Crippen LogP contribution in [0.5, 0.6) is 11.5 Å². The molecule has 0 radical (unpaired) electrons. The number of nitrogens with zero attached hydrogens (tertiary/aromatic N) is 1. The first kappa shape index (κ1) is 20.3. The van der Waals surface area contributed by atoms with E-state index in [1.54, 1.807) is 37.4 Å². The monoisotopic (exact) mass is 416 g/mol. The molecule has 0 amide bonds. The molecule has 9 heteroatoms. The molecule has 0 saturated carbocycles. The lowest BCUT2D eigenvalue weighted by Crippen LogP contribution is -2.14. The van der Waals surface area contributed by atoms with Gasteiger partial charge in [-0.2, -0.15) is 0 Å². The van der Waals surface area contributed by atoms with Crippen LogP contribution < -0.4 is 14.2 Å².